The largest absolute Gasteiger partial charge is 0.494 e. The van der Waals surface area contributed by atoms with E-state index in [1.165, 1.54) is 38.5 Å². The van der Waals surface area contributed by atoms with Crippen LogP contribution in [0.3, 0.4) is 0 Å². The fourth-order valence-corrected chi connectivity index (χ4v) is 3.40. The van der Waals surface area contributed by atoms with Gasteiger partial charge in [0.15, 0.2) is 17.3 Å². The molecule has 0 aliphatic heterocycles. The van der Waals surface area contributed by atoms with Crippen LogP contribution in [0.2, 0.25) is 0 Å². The number of ketones is 1. The van der Waals surface area contributed by atoms with Crippen LogP contribution >= 0.6 is 0 Å². The Morgan fingerprint density at radius 3 is 2.35 bits per heavy atom. The first-order valence-corrected chi connectivity index (χ1v) is 10.4. The molecule has 180 valence electrons. The Labute approximate surface area is 194 Å². The number of carbonyl (C=O) groups excluding carboxylic acids is 1. The number of nitrogens with zero attached hydrogens (tertiary/aromatic N) is 1. The molecule has 1 aromatic heterocycles. The zero-order chi connectivity index (χ0) is 24.8. The summed E-state index contributed by atoms with van der Waals surface area (Å²) in [5.41, 5.74) is 2.06. The highest BCUT2D eigenvalue weighted by Gasteiger charge is 2.18. The lowest BCUT2D eigenvalue weighted by molar-refractivity contribution is -0.0512. The normalized spacial score (nSPS) is 11.9. The smallest absolute Gasteiger partial charge is 0.387 e. The van der Waals surface area contributed by atoms with Crippen LogP contribution in [0, 0.1) is 12.7 Å². The molecule has 0 radical (unpaired) electrons. The molecule has 0 aliphatic rings. The monoisotopic (exact) mass is 475 g/mol. The topological polar surface area (TPSA) is 77.9 Å². The van der Waals surface area contributed by atoms with Gasteiger partial charge in [0, 0.05) is 17.5 Å². The summed E-state index contributed by atoms with van der Waals surface area (Å²) >= 11 is 0. The Morgan fingerprint density at radius 1 is 1.00 bits per heavy atom. The van der Waals surface area contributed by atoms with Gasteiger partial charge in [-0.05, 0) is 67.4 Å². The van der Waals surface area contributed by atoms with E-state index in [2.05, 4.69) is 9.72 Å². The zero-order valence-corrected chi connectivity index (χ0v) is 18.8. The number of halogens is 3. The maximum absolute atomic E-state index is 13.7. The van der Waals surface area contributed by atoms with Crippen LogP contribution in [-0.2, 0) is 0 Å². The molecule has 0 spiro atoms. The number of alkyl halides is 2. The molecule has 0 bridgehead atoms. The summed E-state index contributed by atoms with van der Waals surface area (Å²) in [6.45, 7) is -1.39. The first-order valence-electron chi connectivity index (χ1n) is 10.4. The Kier molecular flexibility index (Phi) is 8.12. The molecule has 0 saturated heterocycles. The summed E-state index contributed by atoms with van der Waals surface area (Å²) in [6, 6.07) is 11.7. The van der Waals surface area contributed by atoms with Crippen LogP contribution in [0.15, 0.2) is 48.5 Å². The fraction of sp³-hybridized carbons (Fsp3) is 0.280. The molecule has 1 heterocycles. The second-order valence-electron chi connectivity index (χ2n) is 7.47. The second-order valence-corrected chi connectivity index (χ2v) is 7.47. The van der Waals surface area contributed by atoms with Crippen molar-refractivity contribution in [3.63, 3.8) is 0 Å². The number of methoxy groups -OCH3 is 2. The van der Waals surface area contributed by atoms with Gasteiger partial charge in [0.25, 0.3) is 0 Å². The molecule has 6 nitrogen and oxygen atoms in total. The number of benzene rings is 2. The third-order valence-corrected chi connectivity index (χ3v) is 5.22. The lowest BCUT2D eigenvalue weighted by Gasteiger charge is -2.15. The lowest BCUT2D eigenvalue weighted by atomic mass is 10.0. The molecule has 3 rings (SSSR count). The quantitative estimate of drug-likeness (QED) is 0.390. The number of hydrogen-bond acceptors (Lipinski definition) is 6. The summed E-state index contributed by atoms with van der Waals surface area (Å²) in [5, 5.41) is 10.7. The number of aryl methyl sites for hydroxylation is 1. The van der Waals surface area contributed by atoms with Gasteiger partial charge in [-0.2, -0.15) is 8.78 Å². The minimum atomic E-state index is -3.02. The maximum atomic E-state index is 13.7. The average Bonchev–Trinajstić information content (AvgIpc) is 2.83. The molecule has 0 amide bonds. The van der Waals surface area contributed by atoms with Gasteiger partial charge in [-0.25, -0.2) is 9.37 Å². The molecule has 34 heavy (non-hydrogen) atoms. The number of pyridine rings is 1. The van der Waals surface area contributed by atoms with E-state index in [1.54, 1.807) is 31.2 Å². The van der Waals surface area contributed by atoms with Gasteiger partial charge >= 0.3 is 6.61 Å². The van der Waals surface area contributed by atoms with Crippen molar-refractivity contribution in [3.8, 4) is 28.5 Å². The van der Waals surface area contributed by atoms with Crippen molar-refractivity contribution in [1.82, 2.24) is 4.98 Å². The molecular formula is C25H24F3NO5. The van der Waals surface area contributed by atoms with E-state index in [9.17, 15) is 23.1 Å². The predicted molar refractivity (Wildman–Crippen MR) is 119 cm³/mol. The van der Waals surface area contributed by atoms with E-state index in [0.717, 1.165) is 0 Å². The molecule has 0 aliphatic carbocycles. The van der Waals surface area contributed by atoms with Crippen molar-refractivity contribution in [1.29, 1.82) is 0 Å². The number of aliphatic hydroxyl groups excluding tert-OH is 1. The van der Waals surface area contributed by atoms with Crippen LogP contribution in [0.1, 0.15) is 40.6 Å². The van der Waals surface area contributed by atoms with E-state index >= 15 is 0 Å². The highest BCUT2D eigenvalue weighted by atomic mass is 19.3. The van der Waals surface area contributed by atoms with Crippen LogP contribution in [-0.4, -0.2) is 36.7 Å². The van der Waals surface area contributed by atoms with E-state index < -0.39 is 12.7 Å². The molecule has 0 saturated carbocycles. The number of aromatic nitrogens is 1. The first-order chi connectivity index (χ1) is 16.2. The minimum Gasteiger partial charge on any atom is -0.494 e. The van der Waals surface area contributed by atoms with Crippen LogP contribution < -0.4 is 14.2 Å². The lowest BCUT2D eigenvalue weighted by Crippen LogP contribution is -2.08. The summed E-state index contributed by atoms with van der Waals surface area (Å²) in [5.74, 6) is -0.384. The van der Waals surface area contributed by atoms with E-state index in [-0.39, 0.29) is 41.5 Å². The molecule has 1 unspecified atom stereocenters. The van der Waals surface area contributed by atoms with E-state index in [1.807, 2.05) is 0 Å². The van der Waals surface area contributed by atoms with Crippen LogP contribution in [0.4, 0.5) is 13.2 Å². The van der Waals surface area contributed by atoms with Gasteiger partial charge in [-0.15, -0.1) is 0 Å². The van der Waals surface area contributed by atoms with E-state index in [4.69, 9.17) is 9.47 Å². The second kappa shape index (κ2) is 11.0. The van der Waals surface area contributed by atoms with Crippen molar-refractivity contribution >= 4 is 5.78 Å². The Balaban J connectivity index is 1.75. The third-order valence-electron chi connectivity index (χ3n) is 5.22. The number of rotatable bonds is 10. The van der Waals surface area contributed by atoms with Gasteiger partial charge in [-0.1, -0.05) is 0 Å². The van der Waals surface area contributed by atoms with Crippen molar-refractivity contribution in [2.75, 3.05) is 14.2 Å². The maximum Gasteiger partial charge on any atom is 0.387 e. The molecule has 3 aromatic rings. The summed E-state index contributed by atoms with van der Waals surface area (Å²) in [4.78, 5) is 17.1. The van der Waals surface area contributed by atoms with Gasteiger partial charge in [0.05, 0.1) is 26.0 Å². The summed E-state index contributed by atoms with van der Waals surface area (Å²) in [6.07, 6.45) is -1.02. The molecule has 0 fully saturated rings. The summed E-state index contributed by atoms with van der Waals surface area (Å²) < 4.78 is 53.4. The number of aliphatic hydroxyl groups is 1. The molecule has 9 heteroatoms. The Hall–Kier alpha value is -3.59. The van der Waals surface area contributed by atoms with Gasteiger partial charge in [0.2, 0.25) is 0 Å². The van der Waals surface area contributed by atoms with Crippen molar-refractivity contribution in [2.45, 2.75) is 32.5 Å². The minimum absolute atomic E-state index is 0.00255. The van der Waals surface area contributed by atoms with Gasteiger partial charge in [0.1, 0.15) is 17.3 Å². The number of hydrogen-bond donors (Lipinski definition) is 1. The highest BCUT2D eigenvalue weighted by molar-refractivity contribution is 5.96. The SMILES string of the molecule is COc1cc(C(=O)CCC(O)c2ccc(OC)c(-c3ccc(F)c(C)c3)n2)ccc1OC(F)F. The third kappa shape index (κ3) is 5.85. The average molecular weight is 475 g/mol. The van der Waals surface area contributed by atoms with Gasteiger partial charge < -0.3 is 19.3 Å². The molecule has 1 atom stereocenters. The van der Waals surface area contributed by atoms with Crippen molar-refractivity contribution in [3.05, 3.63) is 71.2 Å². The van der Waals surface area contributed by atoms with Crippen molar-refractivity contribution < 1.29 is 37.3 Å². The first kappa shape index (κ1) is 25.0. The van der Waals surface area contributed by atoms with Gasteiger partial charge in [-0.3, -0.25) is 4.79 Å². The van der Waals surface area contributed by atoms with Crippen LogP contribution in [0.25, 0.3) is 11.3 Å². The van der Waals surface area contributed by atoms with E-state index in [0.29, 0.717) is 28.3 Å². The molecular weight excluding hydrogens is 451 g/mol. The zero-order valence-electron chi connectivity index (χ0n) is 18.8. The molecule has 1 N–H and O–H groups in total. The number of carbonyl (C=O) groups is 1. The predicted octanol–water partition coefficient (Wildman–Crippen LogP) is 5.51. The Morgan fingerprint density at radius 2 is 1.71 bits per heavy atom. The standard InChI is InChI=1S/C25H24F3NO5/c1-14-12-16(4-6-17(14)26)24-22(32-2)11-7-18(29-24)20(31)9-8-19(30)15-5-10-21(34-25(27)28)23(13-15)33-3/h4-7,10-13,20,25,31H,8-9H2,1-3H3. The van der Waals surface area contributed by atoms with Crippen molar-refractivity contribution in [2.24, 2.45) is 0 Å². The summed E-state index contributed by atoms with van der Waals surface area (Å²) in [7, 11) is 2.76. The number of Topliss-reactive ketones (excluding diaryl/α,β-unsaturated/α-hetero) is 1. The van der Waals surface area contributed by atoms with Crippen LogP contribution in [0.5, 0.6) is 17.2 Å². The Bertz CT molecular complexity index is 1170. The highest BCUT2D eigenvalue weighted by Crippen LogP contribution is 2.33. The fourth-order valence-electron chi connectivity index (χ4n) is 3.40. The molecule has 2 aromatic carbocycles. The number of ether oxygens (including phenoxy) is 3.